The zero-order valence-electron chi connectivity index (χ0n) is 27.7. The second-order valence-electron chi connectivity index (χ2n) is 12.7. The van der Waals surface area contributed by atoms with Crippen LogP contribution in [0.15, 0.2) is 55.0 Å². The maximum atomic E-state index is 14.8. The Morgan fingerprint density at radius 3 is 2.60 bits per heavy atom. The smallest absolute Gasteiger partial charge is 0.407 e. The SMILES string of the molecule is Cc1cc(Nc2nccn3c(-c4ccc(OCC#CCO)c(F)c4)cnc23)ccc1C(=O)N1CCC(CCNC(=O)OC(C)(C)C)CC1. The Labute approximate surface area is 279 Å². The predicted octanol–water partition coefficient (Wildman–Crippen LogP) is 5.73. The summed E-state index contributed by atoms with van der Waals surface area (Å²) in [7, 11) is 0. The van der Waals surface area contributed by atoms with Crippen molar-refractivity contribution in [2.45, 2.75) is 52.6 Å². The fourth-order valence-corrected chi connectivity index (χ4v) is 5.62. The van der Waals surface area contributed by atoms with E-state index in [1.54, 1.807) is 24.7 Å². The van der Waals surface area contributed by atoms with Crippen LogP contribution >= 0.6 is 0 Å². The molecule has 2 amide bonds. The number of nitrogens with one attached hydrogen (secondary N) is 2. The Kier molecular flexibility index (Phi) is 10.8. The topological polar surface area (TPSA) is 130 Å². The Hall–Kier alpha value is -5.15. The van der Waals surface area contributed by atoms with Gasteiger partial charge in [0.15, 0.2) is 23.0 Å². The Balaban J connectivity index is 1.19. The molecular weight excluding hydrogens is 615 g/mol. The van der Waals surface area contributed by atoms with Gasteiger partial charge in [-0.2, -0.15) is 0 Å². The third-order valence-electron chi connectivity index (χ3n) is 8.00. The molecule has 1 saturated heterocycles. The van der Waals surface area contributed by atoms with Crippen molar-refractivity contribution in [1.29, 1.82) is 0 Å². The molecule has 5 rings (SSSR count). The van der Waals surface area contributed by atoms with Gasteiger partial charge in [-0.1, -0.05) is 11.8 Å². The number of halogens is 1. The van der Waals surface area contributed by atoms with Crippen molar-refractivity contribution in [3.05, 3.63) is 71.9 Å². The maximum Gasteiger partial charge on any atom is 0.407 e. The van der Waals surface area contributed by atoms with Gasteiger partial charge in [-0.3, -0.25) is 9.20 Å². The number of alkyl carbamates (subject to hydrolysis) is 1. The molecule has 1 fully saturated rings. The lowest BCUT2D eigenvalue weighted by molar-refractivity contribution is 0.0522. The van der Waals surface area contributed by atoms with E-state index >= 15 is 0 Å². The number of fused-ring (bicyclic) bond motifs is 1. The summed E-state index contributed by atoms with van der Waals surface area (Å²) in [6, 6.07) is 10.2. The van der Waals surface area contributed by atoms with Gasteiger partial charge in [-0.05, 0) is 94.8 Å². The van der Waals surface area contributed by atoms with Gasteiger partial charge in [-0.15, -0.1) is 0 Å². The summed E-state index contributed by atoms with van der Waals surface area (Å²) in [6.07, 6.45) is 7.25. The first-order chi connectivity index (χ1) is 23.0. The van der Waals surface area contributed by atoms with Crippen LogP contribution in [-0.2, 0) is 4.74 Å². The summed E-state index contributed by atoms with van der Waals surface area (Å²) >= 11 is 0. The molecule has 12 heteroatoms. The molecule has 0 spiro atoms. The number of carbonyl (C=O) groups is 2. The molecule has 0 bridgehead atoms. The summed E-state index contributed by atoms with van der Waals surface area (Å²) in [5.74, 6) is 5.53. The van der Waals surface area contributed by atoms with E-state index in [1.807, 2.05) is 55.2 Å². The minimum absolute atomic E-state index is 0.00393. The maximum absolute atomic E-state index is 14.8. The van der Waals surface area contributed by atoms with E-state index in [2.05, 4.69) is 32.4 Å². The van der Waals surface area contributed by atoms with Crippen LogP contribution in [0.1, 0.15) is 56.0 Å². The Morgan fingerprint density at radius 1 is 1.10 bits per heavy atom. The zero-order valence-corrected chi connectivity index (χ0v) is 27.7. The van der Waals surface area contributed by atoms with E-state index in [1.165, 1.54) is 12.1 Å². The number of aryl methyl sites for hydroxylation is 1. The first-order valence-corrected chi connectivity index (χ1v) is 16.0. The van der Waals surface area contributed by atoms with Gasteiger partial charge in [0.2, 0.25) is 0 Å². The predicted molar refractivity (Wildman–Crippen MR) is 181 cm³/mol. The van der Waals surface area contributed by atoms with Crippen molar-refractivity contribution in [3.8, 4) is 28.8 Å². The lowest BCUT2D eigenvalue weighted by Gasteiger charge is -2.32. The number of aliphatic hydroxyl groups excluding tert-OH is 1. The van der Waals surface area contributed by atoms with Gasteiger partial charge in [0.05, 0.1) is 11.9 Å². The molecule has 4 aromatic rings. The van der Waals surface area contributed by atoms with Crippen molar-refractivity contribution in [1.82, 2.24) is 24.6 Å². The summed E-state index contributed by atoms with van der Waals surface area (Å²) in [6.45, 7) is 9.00. The molecule has 1 aliphatic heterocycles. The highest BCUT2D eigenvalue weighted by atomic mass is 19.1. The molecule has 0 atom stereocenters. The molecule has 0 saturated carbocycles. The number of hydrogen-bond acceptors (Lipinski definition) is 8. The van der Waals surface area contributed by atoms with Crippen LogP contribution in [0.2, 0.25) is 0 Å². The summed E-state index contributed by atoms with van der Waals surface area (Å²) in [5, 5.41) is 14.9. The van der Waals surface area contributed by atoms with Crippen LogP contribution in [-0.4, -0.2) is 74.8 Å². The van der Waals surface area contributed by atoms with Crippen molar-refractivity contribution >= 4 is 29.2 Å². The van der Waals surface area contributed by atoms with E-state index in [4.69, 9.17) is 14.6 Å². The second-order valence-corrected chi connectivity index (χ2v) is 12.7. The Morgan fingerprint density at radius 2 is 1.90 bits per heavy atom. The molecule has 2 aromatic carbocycles. The number of likely N-dealkylation sites (tertiary alicyclic amines) is 1. The van der Waals surface area contributed by atoms with E-state index in [0.717, 1.165) is 30.5 Å². The number of aromatic nitrogens is 3. The highest BCUT2D eigenvalue weighted by molar-refractivity contribution is 5.96. The number of aliphatic hydroxyl groups is 1. The molecule has 11 nitrogen and oxygen atoms in total. The first kappa shape index (κ1) is 34.2. The van der Waals surface area contributed by atoms with Crippen LogP contribution in [0, 0.1) is 30.5 Å². The van der Waals surface area contributed by atoms with Crippen LogP contribution < -0.4 is 15.4 Å². The van der Waals surface area contributed by atoms with Crippen molar-refractivity contribution in [2.24, 2.45) is 5.92 Å². The van der Waals surface area contributed by atoms with E-state index in [-0.39, 0.29) is 24.9 Å². The normalized spacial score (nSPS) is 13.5. The van der Waals surface area contributed by atoms with E-state index in [9.17, 15) is 14.0 Å². The Bertz CT molecular complexity index is 1830. The molecule has 3 heterocycles. The van der Waals surface area contributed by atoms with Crippen LogP contribution in [0.4, 0.5) is 20.7 Å². The van der Waals surface area contributed by atoms with Crippen LogP contribution in [0.25, 0.3) is 16.9 Å². The molecule has 0 radical (unpaired) electrons. The van der Waals surface area contributed by atoms with Gasteiger partial charge in [0.25, 0.3) is 5.91 Å². The number of amides is 2. The largest absolute Gasteiger partial charge is 0.478 e. The molecule has 0 unspecified atom stereocenters. The lowest BCUT2D eigenvalue weighted by Crippen LogP contribution is -2.39. The number of hydrogen-bond donors (Lipinski definition) is 3. The van der Waals surface area contributed by atoms with E-state index < -0.39 is 17.5 Å². The number of nitrogens with zero attached hydrogens (tertiary/aromatic N) is 4. The standard InChI is InChI=1S/C36H41FN6O5/c1-24-21-27(8-9-28(24)34(45)42-16-12-25(13-17-42)11-14-39-35(46)48-36(2,3)4)41-32-33-40-23-30(43(33)18-15-38-32)26-7-10-31(29(37)22-26)47-20-6-5-19-44/h7-10,15,18,21-23,25,44H,11-14,16-17,19-20H2,1-4H3,(H,38,41)(H,39,46). The number of piperidine rings is 1. The third kappa shape index (κ3) is 8.60. The highest BCUT2D eigenvalue weighted by Crippen LogP contribution is 2.29. The number of carbonyl (C=O) groups excluding carboxylic acids is 2. The quantitative estimate of drug-likeness (QED) is 0.195. The molecule has 2 aromatic heterocycles. The molecule has 3 N–H and O–H groups in total. The fourth-order valence-electron chi connectivity index (χ4n) is 5.62. The second kappa shape index (κ2) is 15.2. The van der Waals surface area contributed by atoms with Crippen molar-refractivity contribution in [2.75, 3.05) is 38.2 Å². The lowest BCUT2D eigenvalue weighted by atomic mass is 9.93. The third-order valence-corrected chi connectivity index (χ3v) is 8.00. The molecule has 48 heavy (non-hydrogen) atoms. The average molecular weight is 657 g/mol. The zero-order chi connectivity index (χ0) is 34.3. The molecular formula is C36H41FN6O5. The highest BCUT2D eigenvalue weighted by Gasteiger charge is 2.25. The minimum Gasteiger partial charge on any atom is -0.478 e. The molecule has 1 aliphatic rings. The molecule has 252 valence electrons. The summed E-state index contributed by atoms with van der Waals surface area (Å²) < 4.78 is 27.2. The van der Waals surface area contributed by atoms with Gasteiger partial charge >= 0.3 is 6.09 Å². The summed E-state index contributed by atoms with van der Waals surface area (Å²) in [4.78, 5) is 36.3. The van der Waals surface area contributed by atoms with Crippen LogP contribution in [0.3, 0.4) is 0 Å². The number of imidazole rings is 1. The fraction of sp³-hybridized carbons (Fsp3) is 0.389. The first-order valence-electron chi connectivity index (χ1n) is 16.0. The van der Waals surface area contributed by atoms with Crippen LogP contribution in [0.5, 0.6) is 5.75 Å². The van der Waals surface area contributed by atoms with E-state index in [0.29, 0.717) is 53.8 Å². The number of benzene rings is 2. The molecule has 0 aliphatic carbocycles. The van der Waals surface area contributed by atoms with Gasteiger partial charge in [0, 0.05) is 48.8 Å². The number of ether oxygens (including phenoxy) is 2. The van der Waals surface area contributed by atoms with Crippen molar-refractivity contribution < 1.29 is 28.6 Å². The average Bonchev–Trinajstić information content (AvgIpc) is 3.48. The monoisotopic (exact) mass is 656 g/mol. The number of rotatable bonds is 9. The summed E-state index contributed by atoms with van der Waals surface area (Å²) in [5.41, 5.74) is 3.54. The van der Waals surface area contributed by atoms with Crippen molar-refractivity contribution in [3.63, 3.8) is 0 Å². The van der Waals surface area contributed by atoms with Gasteiger partial charge in [-0.25, -0.2) is 19.2 Å². The van der Waals surface area contributed by atoms with Gasteiger partial charge in [0.1, 0.15) is 18.8 Å². The van der Waals surface area contributed by atoms with Gasteiger partial charge < -0.3 is 30.1 Å². The minimum atomic E-state index is -0.539. The number of anilines is 2.